The lowest BCUT2D eigenvalue weighted by molar-refractivity contribution is -0.384. The topological polar surface area (TPSA) is 142 Å². The van der Waals surface area contributed by atoms with Crippen molar-refractivity contribution < 1.29 is 22.9 Å². The van der Waals surface area contributed by atoms with E-state index < -0.39 is 20.9 Å². The summed E-state index contributed by atoms with van der Waals surface area (Å²) in [5, 5.41) is 10.6. The van der Waals surface area contributed by atoms with E-state index in [0.717, 1.165) is 0 Å². The summed E-state index contributed by atoms with van der Waals surface area (Å²) in [5.41, 5.74) is 4.99. The lowest BCUT2D eigenvalue weighted by Gasteiger charge is -2.09. The first-order valence-corrected chi connectivity index (χ1v) is 8.05. The van der Waals surface area contributed by atoms with Gasteiger partial charge in [0.1, 0.15) is 5.75 Å². The first kappa shape index (κ1) is 17.2. The van der Waals surface area contributed by atoms with Gasteiger partial charge in [0, 0.05) is 17.8 Å². The summed E-state index contributed by atoms with van der Waals surface area (Å²) in [6, 6.07) is 10.3. The maximum atomic E-state index is 12.2. The van der Waals surface area contributed by atoms with Crippen LogP contribution in [-0.4, -0.2) is 25.9 Å². The van der Waals surface area contributed by atoms with Gasteiger partial charge in [-0.25, -0.2) is 8.42 Å². The van der Waals surface area contributed by atoms with Gasteiger partial charge in [0.15, 0.2) is 6.61 Å². The summed E-state index contributed by atoms with van der Waals surface area (Å²) in [5.74, 6) is -0.352. The number of carbonyl (C=O) groups excluding carboxylic acids is 1. The number of hydrogen-bond donors (Lipinski definition) is 2. The number of nitro groups is 1. The number of carbonyl (C=O) groups is 1. The Hall–Kier alpha value is -3.14. The Kier molecular flexibility index (Phi) is 4.99. The average Bonchev–Trinajstić information content (AvgIpc) is 2.53. The molecule has 2 aromatic rings. The zero-order valence-corrected chi connectivity index (χ0v) is 13.0. The molecule has 0 aliphatic heterocycles. The number of primary amides is 1. The van der Waals surface area contributed by atoms with E-state index in [2.05, 4.69) is 4.72 Å². The van der Waals surface area contributed by atoms with E-state index in [1.165, 1.54) is 48.5 Å². The lowest BCUT2D eigenvalue weighted by atomic mass is 10.3. The molecule has 0 fully saturated rings. The second-order valence-electron chi connectivity index (χ2n) is 4.64. The van der Waals surface area contributed by atoms with Gasteiger partial charge in [0.05, 0.1) is 9.82 Å². The standard InChI is InChI=1S/C14H13N3O6S/c15-14(18)9-23-12-5-7-13(8-6-12)24(21,22)16-10-1-3-11(4-2-10)17(19)20/h1-8,16H,9H2,(H2,15,18). The third-order valence-electron chi connectivity index (χ3n) is 2.85. The molecule has 0 aliphatic carbocycles. The third kappa shape index (κ3) is 4.43. The van der Waals surface area contributed by atoms with Gasteiger partial charge in [-0.15, -0.1) is 0 Å². The Labute approximate surface area is 137 Å². The van der Waals surface area contributed by atoms with Crippen molar-refractivity contribution in [1.82, 2.24) is 0 Å². The maximum Gasteiger partial charge on any atom is 0.269 e. The molecule has 0 atom stereocenters. The van der Waals surface area contributed by atoms with Gasteiger partial charge in [-0.1, -0.05) is 0 Å². The van der Waals surface area contributed by atoms with Gasteiger partial charge in [-0.05, 0) is 36.4 Å². The molecule has 0 aliphatic rings. The SMILES string of the molecule is NC(=O)COc1ccc(S(=O)(=O)Nc2ccc([N+](=O)[O-])cc2)cc1. The van der Waals surface area contributed by atoms with Crippen molar-refractivity contribution in [3.63, 3.8) is 0 Å². The molecule has 0 radical (unpaired) electrons. The van der Waals surface area contributed by atoms with Crippen molar-refractivity contribution in [1.29, 1.82) is 0 Å². The fourth-order valence-corrected chi connectivity index (χ4v) is 2.79. The van der Waals surface area contributed by atoms with Gasteiger partial charge in [0.25, 0.3) is 21.6 Å². The van der Waals surface area contributed by atoms with E-state index in [-0.39, 0.29) is 22.9 Å². The second-order valence-corrected chi connectivity index (χ2v) is 6.32. The summed E-state index contributed by atoms with van der Waals surface area (Å²) in [4.78, 5) is 20.6. The summed E-state index contributed by atoms with van der Waals surface area (Å²) >= 11 is 0. The molecule has 0 aromatic heterocycles. The highest BCUT2D eigenvalue weighted by atomic mass is 32.2. The molecule has 24 heavy (non-hydrogen) atoms. The Morgan fingerprint density at radius 2 is 1.71 bits per heavy atom. The Bertz CT molecular complexity index is 847. The van der Waals surface area contributed by atoms with Crippen molar-refractivity contribution in [3.05, 3.63) is 58.6 Å². The van der Waals surface area contributed by atoms with Gasteiger partial charge in [-0.3, -0.25) is 19.6 Å². The van der Waals surface area contributed by atoms with Crippen molar-refractivity contribution in [3.8, 4) is 5.75 Å². The summed E-state index contributed by atoms with van der Waals surface area (Å²) in [7, 11) is -3.86. The normalized spacial score (nSPS) is 10.8. The molecular formula is C14H13N3O6S. The molecule has 9 nitrogen and oxygen atoms in total. The molecule has 0 saturated carbocycles. The number of nitrogens with two attached hydrogens (primary N) is 1. The van der Waals surface area contributed by atoms with E-state index in [1.807, 2.05) is 0 Å². The number of nitro benzene ring substituents is 1. The third-order valence-corrected chi connectivity index (χ3v) is 4.24. The molecule has 0 spiro atoms. The number of amides is 1. The van der Waals surface area contributed by atoms with Crippen molar-refractivity contribution in [2.24, 2.45) is 5.73 Å². The van der Waals surface area contributed by atoms with E-state index in [4.69, 9.17) is 10.5 Å². The quantitative estimate of drug-likeness (QED) is 0.568. The van der Waals surface area contributed by atoms with Gasteiger partial charge in [0.2, 0.25) is 0 Å². The second kappa shape index (κ2) is 6.96. The number of rotatable bonds is 7. The van der Waals surface area contributed by atoms with Crippen LogP contribution in [-0.2, 0) is 14.8 Å². The van der Waals surface area contributed by atoms with Crippen LogP contribution in [0.5, 0.6) is 5.75 Å². The Balaban J connectivity index is 2.12. The first-order valence-electron chi connectivity index (χ1n) is 6.56. The van der Waals surface area contributed by atoms with Crippen LogP contribution in [0.1, 0.15) is 0 Å². The van der Waals surface area contributed by atoms with Crippen LogP contribution in [0.25, 0.3) is 0 Å². The number of ether oxygens (including phenoxy) is 1. The predicted octanol–water partition coefficient (Wildman–Crippen LogP) is 1.26. The molecule has 126 valence electrons. The van der Waals surface area contributed by atoms with Crippen LogP contribution in [0.3, 0.4) is 0 Å². The summed E-state index contributed by atoms with van der Waals surface area (Å²) in [6.45, 7) is -0.312. The monoisotopic (exact) mass is 351 g/mol. The van der Waals surface area contributed by atoms with Crippen molar-refractivity contribution in [2.45, 2.75) is 4.90 Å². The number of nitrogens with one attached hydrogen (secondary N) is 1. The first-order chi connectivity index (χ1) is 11.3. The molecular weight excluding hydrogens is 338 g/mol. The van der Waals surface area contributed by atoms with E-state index in [1.54, 1.807) is 0 Å². The van der Waals surface area contributed by atoms with Crippen molar-refractivity contribution in [2.75, 3.05) is 11.3 Å². The number of hydrogen-bond acceptors (Lipinski definition) is 6. The number of anilines is 1. The molecule has 1 amide bonds. The fourth-order valence-electron chi connectivity index (χ4n) is 1.73. The molecule has 0 heterocycles. The van der Waals surface area contributed by atoms with E-state index in [9.17, 15) is 23.3 Å². The van der Waals surface area contributed by atoms with Crippen LogP contribution >= 0.6 is 0 Å². The minimum absolute atomic E-state index is 0.0349. The smallest absolute Gasteiger partial charge is 0.269 e. The number of benzene rings is 2. The zero-order chi connectivity index (χ0) is 17.7. The predicted molar refractivity (Wildman–Crippen MR) is 85.0 cm³/mol. The number of sulfonamides is 1. The Morgan fingerprint density at radius 1 is 1.12 bits per heavy atom. The van der Waals surface area contributed by atoms with Crippen LogP contribution < -0.4 is 15.2 Å². The largest absolute Gasteiger partial charge is 0.484 e. The lowest BCUT2D eigenvalue weighted by Crippen LogP contribution is -2.20. The highest BCUT2D eigenvalue weighted by Crippen LogP contribution is 2.21. The van der Waals surface area contributed by atoms with E-state index >= 15 is 0 Å². The molecule has 2 aromatic carbocycles. The summed E-state index contributed by atoms with van der Waals surface area (Å²) in [6.07, 6.45) is 0. The highest BCUT2D eigenvalue weighted by molar-refractivity contribution is 7.92. The Morgan fingerprint density at radius 3 is 2.21 bits per heavy atom. The highest BCUT2D eigenvalue weighted by Gasteiger charge is 2.15. The molecule has 2 rings (SSSR count). The summed E-state index contributed by atoms with van der Waals surface area (Å²) < 4.78 is 31.8. The molecule has 0 unspecified atom stereocenters. The molecule has 3 N–H and O–H groups in total. The maximum absolute atomic E-state index is 12.2. The minimum Gasteiger partial charge on any atom is -0.484 e. The van der Waals surface area contributed by atoms with Crippen LogP contribution in [0.4, 0.5) is 11.4 Å². The van der Waals surface area contributed by atoms with Crippen molar-refractivity contribution >= 4 is 27.3 Å². The molecule has 0 bridgehead atoms. The van der Waals surface area contributed by atoms with E-state index in [0.29, 0.717) is 5.75 Å². The van der Waals surface area contributed by atoms with Gasteiger partial charge >= 0.3 is 0 Å². The van der Waals surface area contributed by atoms with Gasteiger partial charge < -0.3 is 10.5 Å². The fraction of sp³-hybridized carbons (Fsp3) is 0.0714. The van der Waals surface area contributed by atoms with Gasteiger partial charge in [-0.2, -0.15) is 0 Å². The van der Waals surface area contributed by atoms with Crippen LogP contribution in [0, 0.1) is 10.1 Å². The minimum atomic E-state index is -3.86. The van der Waals surface area contributed by atoms with Crippen LogP contribution in [0.2, 0.25) is 0 Å². The molecule has 10 heteroatoms. The average molecular weight is 351 g/mol. The number of non-ortho nitro benzene ring substituents is 1. The van der Waals surface area contributed by atoms with Crippen LogP contribution in [0.15, 0.2) is 53.4 Å². The molecule has 0 saturated heterocycles. The zero-order valence-electron chi connectivity index (χ0n) is 12.2. The number of nitrogens with zero attached hydrogens (tertiary/aromatic N) is 1.